The van der Waals surface area contributed by atoms with Crippen molar-refractivity contribution < 1.29 is 13.6 Å². The molecule has 0 aliphatic heterocycles. The number of carbonyl (C=O) groups is 1. The Morgan fingerprint density at radius 2 is 1.88 bits per heavy atom. The number of benzene rings is 2. The molecule has 0 radical (unpaired) electrons. The van der Waals surface area contributed by atoms with Crippen LogP contribution >= 0.6 is 0 Å². The molecule has 0 bridgehead atoms. The van der Waals surface area contributed by atoms with Gasteiger partial charge in [-0.15, -0.1) is 0 Å². The lowest BCUT2D eigenvalue weighted by molar-refractivity contribution is 0.102. The van der Waals surface area contributed by atoms with Gasteiger partial charge in [-0.25, -0.2) is 8.78 Å². The SMILES string of the molecule is Cc1[nH]c(=O)c(-c2cc3ccccc3[nH]2)cc1NC(=O)c1cnn(Cc2ccc(F)c(F)c2)c1. The molecule has 34 heavy (non-hydrogen) atoms. The fourth-order valence-corrected chi connectivity index (χ4v) is 3.76. The molecule has 0 saturated heterocycles. The molecule has 7 nitrogen and oxygen atoms in total. The molecular weight excluding hydrogens is 440 g/mol. The monoisotopic (exact) mass is 459 g/mol. The lowest BCUT2D eigenvalue weighted by Gasteiger charge is -2.09. The highest BCUT2D eigenvalue weighted by Crippen LogP contribution is 2.24. The van der Waals surface area contributed by atoms with Gasteiger partial charge in [0.15, 0.2) is 11.6 Å². The number of pyridine rings is 1. The van der Waals surface area contributed by atoms with Gasteiger partial charge in [-0.2, -0.15) is 5.10 Å². The van der Waals surface area contributed by atoms with Crippen LogP contribution in [0.2, 0.25) is 0 Å². The molecule has 9 heteroatoms. The Hall–Kier alpha value is -4.53. The number of halogens is 2. The second kappa shape index (κ2) is 8.43. The first-order chi connectivity index (χ1) is 16.4. The number of hydrogen-bond acceptors (Lipinski definition) is 3. The molecule has 0 aliphatic rings. The van der Waals surface area contributed by atoms with E-state index in [1.165, 1.54) is 23.1 Å². The number of anilines is 1. The molecule has 0 aliphatic carbocycles. The van der Waals surface area contributed by atoms with Gasteiger partial charge in [0.25, 0.3) is 11.5 Å². The van der Waals surface area contributed by atoms with Crippen molar-refractivity contribution in [2.75, 3.05) is 5.32 Å². The van der Waals surface area contributed by atoms with Crippen LogP contribution in [0.4, 0.5) is 14.5 Å². The summed E-state index contributed by atoms with van der Waals surface area (Å²) >= 11 is 0. The van der Waals surface area contributed by atoms with Gasteiger partial charge in [0.2, 0.25) is 0 Å². The maximum atomic E-state index is 13.4. The quantitative estimate of drug-likeness (QED) is 0.358. The van der Waals surface area contributed by atoms with Crippen molar-refractivity contribution in [1.82, 2.24) is 19.7 Å². The normalized spacial score (nSPS) is 11.1. The van der Waals surface area contributed by atoms with Crippen LogP contribution in [0.3, 0.4) is 0 Å². The summed E-state index contributed by atoms with van der Waals surface area (Å²) in [5.74, 6) is -2.29. The number of nitrogens with zero attached hydrogens (tertiary/aromatic N) is 2. The fourth-order valence-electron chi connectivity index (χ4n) is 3.76. The first-order valence-electron chi connectivity index (χ1n) is 10.5. The number of hydrogen-bond donors (Lipinski definition) is 3. The van der Waals surface area contributed by atoms with Crippen LogP contribution in [-0.2, 0) is 6.54 Å². The van der Waals surface area contributed by atoms with Crippen molar-refractivity contribution in [1.29, 1.82) is 0 Å². The Bertz CT molecular complexity index is 1570. The first-order valence-corrected chi connectivity index (χ1v) is 10.5. The van der Waals surface area contributed by atoms with E-state index in [9.17, 15) is 18.4 Å². The number of aryl methyl sites for hydroxylation is 1. The van der Waals surface area contributed by atoms with E-state index >= 15 is 0 Å². The van der Waals surface area contributed by atoms with Gasteiger partial charge < -0.3 is 15.3 Å². The number of H-pyrrole nitrogens is 2. The molecule has 5 rings (SSSR count). The lowest BCUT2D eigenvalue weighted by Crippen LogP contribution is -2.17. The van der Waals surface area contributed by atoms with Crippen molar-refractivity contribution in [2.24, 2.45) is 0 Å². The van der Waals surface area contributed by atoms with Crippen LogP contribution in [0, 0.1) is 18.6 Å². The number of para-hydroxylation sites is 1. The predicted molar refractivity (Wildman–Crippen MR) is 125 cm³/mol. The number of nitrogens with one attached hydrogen (secondary N) is 3. The summed E-state index contributed by atoms with van der Waals surface area (Å²) < 4.78 is 28.0. The highest BCUT2D eigenvalue weighted by Gasteiger charge is 2.15. The Labute approximate surface area is 192 Å². The minimum absolute atomic E-state index is 0.173. The molecule has 3 heterocycles. The number of aromatic amines is 2. The zero-order chi connectivity index (χ0) is 23.8. The van der Waals surface area contributed by atoms with E-state index in [2.05, 4.69) is 20.4 Å². The summed E-state index contributed by atoms with van der Waals surface area (Å²) in [6.07, 6.45) is 2.89. The fraction of sp³-hybridized carbons (Fsp3) is 0.0800. The van der Waals surface area contributed by atoms with Crippen LogP contribution in [0.25, 0.3) is 22.2 Å². The van der Waals surface area contributed by atoms with Crippen molar-refractivity contribution in [3.63, 3.8) is 0 Å². The zero-order valence-corrected chi connectivity index (χ0v) is 18.0. The van der Waals surface area contributed by atoms with E-state index in [1.54, 1.807) is 13.0 Å². The molecule has 2 aromatic carbocycles. The smallest absolute Gasteiger partial charge is 0.258 e. The number of amides is 1. The number of carbonyl (C=O) groups excluding carboxylic acids is 1. The van der Waals surface area contributed by atoms with Crippen molar-refractivity contribution in [3.8, 4) is 11.3 Å². The van der Waals surface area contributed by atoms with Gasteiger partial charge in [-0.05, 0) is 42.8 Å². The molecule has 0 unspecified atom stereocenters. The number of aromatic nitrogens is 4. The van der Waals surface area contributed by atoms with Gasteiger partial charge in [0, 0.05) is 22.8 Å². The lowest BCUT2D eigenvalue weighted by atomic mass is 10.1. The molecule has 0 saturated carbocycles. The van der Waals surface area contributed by atoms with E-state index in [0.717, 1.165) is 23.0 Å². The van der Waals surface area contributed by atoms with E-state index in [0.29, 0.717) is 28.2 Å². The molecule has 1 amide bonds. The van der Waals surface area contributed by atoms with E-state index < -0.39 is 17.5 Å². The van der Waals surface area contributed by atoms with Gasteiger partial charge in [-0.3, -0.25) is 14.3 Å². The van der Waals surface area contributed by atoms with Gasteiger partial charge >= 0.3 is 0 Å². The summed E-state index contributed by atoms with van der Waals surface area (Å²) in [7, 11) is 0. The maximum Gasteiger partial charge on any atom is 0.258 e. The Balaban J connectivity index is 1.38. The van der Waals surface area contributed by atoms with Gasteiger partial charge in [0.05, 0.1) is 35.2 Å². The Kier molecular flexibility index (Phi) is 5.29. The topological polar surface area (TPSA) is 95.6 Å². The molecular formula is C25H19F2N5O2. The standard InChI is InChI=1S/C25H19F2N5O2/c1-14-22(10-18(25(34)29-14)23-9-16-4-2-3-5-21(16)30-23)31-24(33)17-11-28-32(13-17)12-15-6-7-19(26)20(27)8-15/h2-11,13,30H,12H2,1H3,(H,29,34)(H,31,33). The van der Waals surface area contributed by atoms with Crippen molar-refractivity contribution in [3.05, 3.63) is 106 Å². The highest BCUT2D eigenvalue weighted by atomic mass is 19.2. The Morgan fingerprint density at radius 1 is 1.06 bits per heavy atom. The molecule has 5 aromatic rings. The third-order valence-electron chi connectivity index (χ3n) is 5.53. The molecule has 0 fully saturated rings. The second-order valence-electron chi connectivity index (χ2n) is 7.95. The second-order valence-corrected chi connectivity index (χ2v) is 7.95. The molecule has 3 N–H and O–H groups in total. The van der Waals surface area contributed by atoms with Gasteiger partial charge in [0.1, 0.15) is 0 Å². The van der Waals surface area contributed by atoms with Crippen molar-refractivity contribution in [2.45, 2.75) is 13.5 Å². The summed E-state index contributed by atoms with van der Waals surface area (Å²) in [4.78, 5) is 31.4. The average Bonchev–Trinajstić information content (AvgIpc) is 3.45. The van der Waals surface area contributed by atoms with E-state index in [-0.39, 0.29) is 17.7 Å². The van der Waals surface area contributed by atoms with Crippen LogP contribution in [0.5, 0.6) is 0 Å². The van der Waals surface area contributed by atoms with Gasteiger partial charge in [-0.1, -0.05) is 24.3 Å². The molecule has 170 valence electrons. The summed E-state index contributed by atoms with van der Waals surface area (Å²) in [5, 5.41) is 7.90. The van der Waals surface area contributed by atoms with Crippen LogP contribution in [0.1, 0.15) is 21.6 Å². The third-order valence-corrected chi connectivity index (χ3v) is 5.53. The number of rotatable bonds is 5. The summed E-state index contributed by atoms with van der Waals surface area (Å²) in [5.41, 5.74) is 3.40. The van der Waals surface area contributed by atoms with Crippen molar-refractivity contribution >= 4 is 22.5 Å². The molecule has 0 atom stereocenters. The largest absolute Gasteiger partial charge is 0.354 e. The summed E-state index contributed by atoms with van der Waals surface area (Å²) in [6, 6.07) is 14.8. The minimum atomic E-state index is -0.943. The molecule has 3 aromatic heterocycles. The van der Waals surface area contributed by atoms with Crippen LogP contribution in [0.15, 0.2) is 71.8 Å². The zero-order valence-electron chi connectivity index (χ0n) is 18.0. The highest BCUT2D eigenvalue weighted by molar-refractivity contribution is 6.04. The van der Waals surface area contributed by atoms with Crippen LogP contribution in [-0.4, -0.2) is 25.7 Å². The minimum Gasteiger partial charge on any atom is -0.354 e. The van der Waals surface area contributed by atoms with Crippen LogP contribution < -0.4 is 10.9 Å². The maximum absolute atomic E-state index is 13.4. The molecule has 0 spiro atoms. The third kappa shape index (κ3) is 4.11. The first kappa shape index (κ1) is 21.3. The Morgan fingerprint density at radius 3 is 2.68 bits per heavy atom. The number of fused-ring (bicyclic) bond motifs is 1. The van der Waals surface area contributed by atoms with E-state index in [1.807, 2.05) is 30.3 Å². The average molecular weight is 459 g/mol. The van der Waals surface area contributed by atoms with E-state index in [4.69, 9.17) is 0 Å². The predicted octanol–water partition coefficient (Wildman–Crippen LogP) is 4.61. The summed E-state index contributed by atoms with van der Waals surface area (Å²) in [6.45, 7) is 1.87.